The summed E-state index contributed by atoms with van der Waals surface area (Å²) in [5, 5.41) is 6.52. The van der Waals surface area contributed by atoms with E-state index in [4.69, 9.17) is 9.26 Å². The molecule has 0 fully saturated rings. The van der Waals surface area contributed by atoms with E-state index < -0.39 is 5.82 Å². The zero-order chi connectivity index (χ0) is 19.2. The first-order chi connectivity index (χ1) is 13.0. The van der Waals surface area contributed by atoms with Crippen molar-refractivity contribution in [3.8, 4) is 11.6 Å². The monoisotopic (exact) mass is 434 g/mol. The molecule has 0 radical (unpaired) electrons. The van der Waals surface area contributed by atoms with Gasteiger partial charge in [0.05, 0.1) is 4.47 Å². The van der Waals surface area contributed by atoms with Crippen LogP contribution in [0, 0.1) is 12.7 Å². The van der Waals surface area contributed by atoms with Crippen molar-refractivity contribution in [1.29, 1.82) is 0 Å². The van der Waals surface area contributed by atoms with Crippen molar-refractivity contribution in [3.05, 3.63) is 64.1 Å². The molecule has 140 valence electrons. The number of halogens is 2. The summed E-state index contributed by atoms with van der Waals surface area (Å²) in [4.78, 5) is 20.7. The fraction of sp³-hybridized carbons (Fsp3) is 0.222. The molecule has 2 aromatic heterocycles. The second-order valence-electron chi connectivity index (χ2n) is 5.63. The molecule has 0 aliphatic rings. The van der Waals surface area contributed by atoms with E-state index in [0.29, 0.717) is 41.3 Å². The first-order valence-electron chi connectivity index (χ1n) is 8.18. The van der Waals surface area contributed by atoms with E-state index in [1.54, 1.807) is 19.1 Å². The maximum atomic E-state index is 13.2. The van der Waals surface area contributed by atoms with Crippen molar-refractivity contribution >= 4 is 21.8 Å². The number of benzene rings is 1. The summed E-state index contributed by atoms with van der Waals surface area (Å²) >= 11 is 3.23. The average Bonchev–Trinajstić information content (AvgIpc) is 3.06. The third-order valence-electron chi connectivity index (χ3n) is 3.54. The van der Waals surface area contributed by atoms with Crippen molar-refractivity contribution in [2.45, 2.75) is 19.8 Å². The summed E-state index contributed by atoms with van der Waals surface area (Å²) in [5.74, 6) is 0.889. The van der Waals surface area contributed by atoms with Gasteiger partial charge in [0.25, 0.3) is 5.91 Å². The molecule has 1 aromatic carbocycles. The Morgan fingerprint density at radius 3 is 2.96 bits per heavy atom. The van der Waals surface area contributed by atoms with Crippen LogP contribution < -0.4 is 10.1 Å². The van der Waals surface area contributed by atoms with Gasteiger partial charge in [0.1, 0.15) is 17.1 Å². The lowest BCUT2D eigenvalue weighted by Gasteiger charge is -2.11. The maximum absolute atomic E-state index is 13.2. The minimum Gasteiger partial charge on any atom is -0.437 e. The van der Waals surface area contributed by atoms with Gasteiger partial charge in [0, 0.05) is 19.2 Å². The lowest BCUT2D eigenvalue weighted by molar-refractivity contribution is 0.0950. The highest BCUT2D eigenvalue weighted by Gasteiger charge is 2.15. The number of amides is 1. The maximum Gasteiger partial charge on any atom is 0.256 e. The number of aryl methyl sites for hydroxylation is 2. The fourth-order valence-electron chi connectivity index (χ4n) is 2.29. The number of pyridine rings is 1. The number of nitrogens with zero attached hydrogens (tertiary/aromatic N) is 3. The number of carbonyl (C=O) groups is 1. The van der Waals surface area contributed by atoms with E-state index in [-0.39, 0.29) is 17.4 Å². The van der Waals surface area contributed by atoms with E-state index in [0.717, 1.165) is 0 Å². The number of hydrogen-bond acceptors (Lipinski definition) is 6. The zero-order valence-electron chi connectivity index (χ0n) is 14.4. The largest absolute Gasteiger partial charge is 0.437 e. The van der Waals surface area contributed by atoms with Crippen molar-refractivity contribution < 1.29 is 18.4 Å². The summed E-state index contributed by atoms with van der Waals surface area (Å²) < 4.78 is 24.3. The Labute approximate surface area is 163 Å². The SMILES string of the molecule is Cc1noc(CCCNC(=O)c2cccnc2Oc2ccc(F)cc2Br)n1. The van der Waals surface area contributed by atoms with Gasteiger partial charge < -0.3 is 14.6 Å². The van der Waals surface area contributed by atoms with E-state index in [1.165, 1.54) is 24.4 Å². The van der Waals surface area contributed by atoms with Gasteiger partial charge >= 0.3 is 0 Å². The quantitative estimate of drug-likeness (QED) is 0.568. The van der Waals surface area contributed by atoms with Gasteiger partial charge in [-0.05, 0) is 59.6 Å². The summed E-state index contributed by atoms with van der Waals surface area (Å²) in [7, 11) is 0. The Kier molecular flexibility index (Phi) is 6.12. The first kappa shape index (κ1) is 19.0. The second-order valence-corrected chi connectivity index (χ2v) is 6.48. The lowest BCUT2D eigenvalue weighted by atomic mass is 10.2. The zero-order valence-corrected chi connectivity index (χ0v) is 16.0. The molecule has 1 N–H and O–H groups in total. The van der Waals surface area contributed by atoms with Crippen LogP contribution >= 0.6 is 15.9 Å². The standard InChI is InChI=1S/C18H16BrFN4O3/c1-11-23-16(27-24-11)5-3-8-21-17(25)13-4-2-9-22-18(13)26-15-7-6-12(20)10-14(15)19/h2,4,6-7,9-10H,3,5,8H2,1H3,(H,21,25). The highest BCUT2D eigenvalue weighted by atomic mass is 79.9. The van der Waals surface area contributed by atoms with Crippen LogP contribution in [0.2, 0.25) is 0 Å². The number of aromatic nitrogens is 3. The van der Waals surface area contributed by atoms with Crippen LogP contribution in [0.25, 0.3) is 0 Å². The van der Waals surface area contributed by atoms with Gasteiger partial charge in [0.2, 0.25) is 11.8 Å². The van der Waals surface area contributed by atoms with Crippen LogP contribution in [-0.4, -0.2) is 27.6 Å². The molecule has 27 heavy (non-hydrogen) atoms. The molecule has 0 unspecified atom stereocenters. The molecule has 3 aromatic rings. The molecule has 7 nitrogen and oxygen atoms in total. The van der Waals surface area contributed by atoms with Crippen LogP contribution in [0.15, 0.2) is 45.5 Å². The van der Waals surface area contributed by atoms with Gasteiger partial charge in [0.15, 0.2) is 5.82 Å². The fourth-order valence-corrected chi connectivity index (χ4v) is 2.72. The number of nitrogens with one attached hydrogen (secondary N) is 1. The van der Waals surface area contributed by atoms with Crippen molar-refractivity contribution in [2.24, 2.45) is 0 Å². The highest BCUT2D eigenvalue weighted by molar-refractivity contribution is 9.10. The summed E-state index contributed by atoms with van der Waals surface area (Å²) in [6, 6.07) is 7.25. The van der Waals surface area contributed by atoms with E-state index in [9.17, 15) is 9.18 Å². The molecular formula is C18H16BrFN4O3. The molecule has 0 bridgehead atoms. The third kappa shape index (κ3) is 5.10. The first-order valence-corrected chi connectivity index (χ1v) is 8.97. The van der Waals surface area contributed by atoms with E-state index in [1.807, 2.05) is 0 Å². The van der Waals surface area contributed by atoms with Gasteiger partial charge in [-0.25, -0.2) is 9.37 Å². The van der Waals surface area contributed by atoms with Crippen molar-refractivity contribution in [1.82, 2.24) is 20.4 Å². The molecule has 1 amide bonds. The van der Waals surface area contributed by atoms with E-state index >= 15 is 0 Å². The summed E-state index contributed by atoms with van der Waals surface area (Å²) in [6.45, 7) is 2.17. The highest BCUT2D eigenvalue weighted by Crippen LogP contribution is 2.30. The minimum absolute atomic E-state index is 0.134. The van der Waals surface area contributed by atoms with Gasteiger partial charge in [-0.15, -0.1) is 0 Å². The van der Waals surface area contributed by atoms with Crippen LogP contribution in [0.3, 0.4) is 0 Å². The molecule has 3 rings (SSSR count). The van der Waals surface area contributed by atoms with Crippen LogP contribution in [0.1, 0.15) is 28.5 Å². The molecule has 0 spiro atoms. The Balaban J connectivity index is 1.61. The molecule has 9 heteroatoms. The molecule has 0 aliphatic heterocycles. The molecule has 0 saturated heterocycles. The van der Waals surface area contributed by atoms with Gasteiger partial charge in [-0.2, -0.15) is 4.98 Å². The van der Waals surface area contributed by atoms with Gasteiger partial charge in [-0.1, -0.05) is 5.16 Å². The van der Waals surface area contributed by atoms with Crippen LogP contribution in [-0.2, 0) is 6.42 Å². The molecule has 0 saturated carbocycles. The van der Waals surface area contributed by atoms with Crippen LogP contribution in [0.4, 0.5) is 4.39 Å². The Bertz CT molecular complexity index is 948. The summed E-state index contributed by atoms with van der Waals surface area (Å²) in [5.41, 5.74) is 0.280. The third-order valence-corrected chi connectivity index (χ3v) is 4.16. The summed E-state index contributed by atoms with van der Waals surface area (Å²) in [6.07, 6.45) is 2.73. The Morgan fingerprint density at radius 2 is 2.22 bits per heavy atom. The van der Waals surface area contributed by atoms with E-state index in [2.05, 4.69) is 36.4 Å². The van der Waals surface area contributed by atoms with Crippen molar-refractivity contribution in [2.75, 3.05) is 6.54 Å². The number of ether oxygens (including phenoxy) is 1. The Hall–Kier alpha value is -2.81. The average molecular weight is 435 g/mol. The smallest absolute Gasteiger partial charge is 0.256 e. The minimum atomic E-state index is -0.398. The molecule has 0 atom stereocenters. The number of carbonyl (C=O) groups excluding carboxylic acids is 1. The normalized spacial score (nSPS) is 10.6. The number of hydrogen-bond donors (Lipinski definition) is 1. The second kappa shape index (κ2) is 8.72. The molecule has 0 aliphatic carbocycles. The van der Waals surface area contributed by atoms with Gasteiger partial charge in [-0.3, -0.25) is 4.79 Å². The topological polar surface area (TPSA) is 90.1 Å². The Morgan fingerprint density at radius 1 is 1.37 bits per heavy atom. The molecular weight excluding hydrogens is 419 g/mol. The predicted molar refractivity (Wildman–Crippen MR) is 98.1 cm³/mol. The predicted octanol–water partition coefficient (Wildman–Crippen LogP) is 3.83. The van der Waals surface area contributed by atoms with Crippen molar-refractivity contribution in [3.63, 3.8) is 0 Å². The number of rotatable bonds is 7. The molecule has 2 heterocycles. The lowest BCUT2D eigenvalue weighted by Crippen LogP contribution is -2.25. The van der Waals surface area contributed by atoms with Crippen LogP contribution in [0.5, 0.6) is 11.6 Å².